The fraction of sp³-hybridized carbons (Fsp3) is 0.100. The van der Waals surface area contributed by atoms with Gasteiger partial charge in [-0.1, -0.05) is 12.1 Å². The molecule has 2 nitrogen and oxygen atoms in total. The second kappa shape index (κ2) is 4.20. The van der Waals surface area contributed by atoms with Crippen molar-refractivity contribution in [1.29, 1.82) is 5.26 Å². The number of hydrogen-bond donors (Lipinski definition) is 0. The molecule has 1 rings (SSSR count). The van der Waals surface area contributed by atoms with E-state index in [0.29, 0.717) is 0 Å². The topological polar surface area (TPSA) is 33.0 Å². The van der Waals surface area contributed by atoms with Crippen LogP contribution < -0.4 is 4.74 Å². The summed E-state index contributed by atoms with van der Waals surface area (Å²) >= 11 is 0. The van der Waals surface area contributed by atoms with Crippen LogP contribution in [0.5, 0.6) is 5.75 Å². The van der Waals surface area contributed by atoms with Gasteiger partial charge in [0.1, 0.15) is 5.75 Å². The van der Waals surface area contributed by atoms with Crippen molar-refractivity contribution in [2.45, 2.75) is 0 Å². The van der Waals surface area contributed by atoms with E-state index in [1.165, 1.54) is 6.08 Å². The molecule has 0 aromatic heterocycles. The molecule has 0 aliphatic heterocycles. The number of benzene rings is 1. The molecule has 0 spiro atoms. The van der Waals surface area contributed by atoms with Gasteiger partial charge in [0.05, 0.1) is 13.2 Å². The maximum absolute atomic E-state index is 8.29. The van der Waals surface area contributed by atoms with Gasteiger partial charge in [-0.2, -0.15) is 5.26 Å². The second-order valence-corrected chi connectivity index (χ2v) is 2.24. The lowest BCUT2D eigenvalue weighted by atomic mass is 10.2. The van der Waals surface area contributed by atoms with Crippen LogP contribution in [0, 0.1) is 11.3 Å². The summed E-state index contributed by atoms with van der Waals surface area (Å²) in [5, 5.41) is 8.29. The van der Waals surface area contributed by atoms with Gasteiger partial charge in [-0.05, 0) is 23.8 Å². The molecule has 60 valence electrons. The zero-order valence-electron chi connectivity index (χ0n) is 6.82. The third kappa shape index (κ3) is 2.14. The molecule has 0 aliphatic rings. The van der Waals surface area contributed by atoms with Crippen molar-refractivity contribution in [1.82, 2.24) is 0 Å². The molecular formula is C10H9NO. The van der Waals surface area contributed by atoms with Crippen LogP contribution >= 0.6 is 0 Å². The third-order valence-electron chi connectivity index (χ3n) is 1.44. The molecule has 0 amide bonds. The summed E-state index contributed by atoms with van der Waals surface area (Å²) in [6.07, 6.45) is 3.18. The molecule has 0 bridgehead atoms. The normalized spacial score (nSPS) is 9.67. The smallest absolute Gasteiger partial charge is 0.119 e. The van der Waals surface area contributed by atoms with E-state index in [9.17, 15) is 0 Å². The SMILES string of the molecule is COc1cccc(/C=C/C#N)c1. The van der Waals surface area contributed by atoms with Crippen molar-refractivity contribution in [3.05, 3.63) is 35.9 Å². The number of allylic oxidation sites excluding steroid dienone is 1. The highest BCUT2D eigenvalue weighted by molar-refractivity contribution is 5.53. The predicted octanol–water partition coefficient (Wildman–Crippen LogP) is 2.23. The Morgan fingerprint density at radius 1 is 1.50 bits per heavy atom. The molecule has 0 radical (unpaired) electrons. The van der Waals surface area contributed by atoms with Gasteiger partial charge < -0.3 is 4.74 Å². The van der Waals surface area contributed by atoms with Gasteiger partial charge in [-0.15, -0.1) is 0 Å². The van der Waals surface area contributed by atoms with Gasteiger partial charge in [0.2, 0.25) is 0 Å². The van der Waals surface area contributed by atoms with Gasteiger partial charge in [0.25, 0.3) is 0 Å². The first-order valence-corrected chi connectivity index (χ1v) is 3.57. The second-order valence-electron chi connectivity index (χ2n) is 2.24. The summed E-state index contributed by atoms with van der Waals surface area (Å²) in [6, 6.07) is 9.46. The van der Waals surface area contributed by atoms with E-state index in [2.05, 4.69) is 0 Å². The van der Waals surface area contributed by atoms with E-state index in [-0.39, 0.29) is 0 Å². The number of nitrogens with zero attached hydrogens (tertiary/aromatic N) is 1. The highest BCUT2D eigenvalue weighted by Gasteiger charge is 1.89. The highest BCUT2D eigenvalue weighted by Crippen LogP contribution is 2.13. The number of hydrogen-bond acceptors (Lipinski definition) is 2. The number of nitriles is 1. The van der Waals surface area contributed by atoms with E-state index in [0.717, 1.165) is 11.3 Å². The molecular weight excluding hydrogens is 150 g/mol. The largest absolute Gasteiger partial charge is 0.497 e. The Morgan fingerprint density at radius 2 is 2.33 bits per heavy atom. The molecule has 2 heteroatoms. The molecule has 0 atom stereocenters. The summed E-state index contributed by atoms with van der Waals surface area (Å²) in [6.45, 7) is 0. The van der Waals surface area contributed by atoms with Crippen LogP contribution in [0.2, 0.25) is 0 Å². The van der Waals surface area contributed by atoms with Crippen LogP contribution in [0.3, 0.4) is 0 Å². The molecule has 0 heterocycles. The fourth-order valence-electron chi connectivity index (χ4n) is 0.879. The molecule has 0 saturated heterocycles. The molecule has 1 aromatic rings. The molecule has 12 heavy (non-hydrogen) atoms. The van der Waals surface area contributed by atoms with Crippen LogP contribution in [0.1, 0.15) is 5.56 Å². The Hall–Kier alpha value is -1.75. The molecule has 0 fully saturated rings. The van der Waals surface area contributed by atoms with Gasteiger partial charge in [0.15, 0.2) is 0 Å². The Morgan fingerprint density at radius 3 is 3.00 bits per heavy atom. The van der Waals surface area contributed by atoms with E-state index in [1.807, 2.05) is 30.3 Å². The minimum atomic E-state index is 0.801. The average Bonchev–Trinajstić information content (AvgIpc) is 2.15. The summed E-state index contributed by atoms with van der Waals surface area (Å²) < 4.78 is 5.02. The molecule has 0 aliphatic carbocycles. The van der Waals surface area contributed by atoms with Crippen LogP contribution in [-0.4, -0.2) is 7.11 Å². The van der Waals surface area contributed by atoms with Crippen LogP contribution in [0.4, 0.5) is 0 Å². The Labute approximate surface area is 71.7 Å². The highest BCUT2D eigenvalue weighted by atomic mass is 16.5. The third-order valence-corrected chi connectivity index (χ3v) is 1.44. The standard InChI is InChI=1S/C10H9NO/c1-12-10-6-2-4-9(8-10)5-3-7-11/h2-6,8H,1H3/b5-3+. The first-order valence-electron chi connectivity index (χ1n) is 3.57. The minimum absolute atomic E-state index is 0.801. The van der Waals surface area contributed by atoms with E-state index in [4.69, 9.17) is 10.00 Å². The van der Waals surface area contributed by atoms with Gasteiger partial charge >= 0.3 is 0 Å². The summed E-state index contributed by atoms with van der Waals surface area (Å²) in [5.74, 6) is 0.801. The van der Waals surface area contributed by atoms with Crippen molar-refractivity contribution in [2.24, 2.45) is 0 Å². The zero-order chi connectivity index (χ0) is 8.81. The maximum Gasteiger partial charge on any atom is 0.119 e. The monoisotopic (exact) mass is 159 g/mol. The maximum atomic E-state index is 8.29. The Kier molecular flexibility index (Phi) is 2.92. The quantitative estimate of drug-likeness (QED) is 0.620. The number of rotatable bonds is 2. The first kappa shape index (κ1) is 8.35. The molecule has 0 saturated carbocycles. The van der Waals surface area contributed by atoms with Gasteiger partial charge in [-0.25, -0.2) is 0 Å². The lowest BCUT2D eigenvalue weighted by molar-refractivity contribution is 0.414. The average molecular weight is 159 g/mol. The zero-order valence-corrected chi connectivity index (χ0v) is 6.82. The van der Waals surface area contributed by atoms with Crippen molar-refractivity contribution < 1.29 is 4.74 Å². The summed E-state index contributed by atoms with van der Waals surface area (Å²) in [4.78, 5) is 0. The molecule has 0 unspecified atom stereocenters. The molecule has 0 N–H and O–H groups in total. The van der Waals surface area contributed by atoms with Crippen molar-refractivity contribution >= 4 is 6.08 Å². The van der Waals surface area contributed by atoms with Crippen LogP contribution in [0.25, 0.3) is 6.08 Å². The molecule has 1 aromatic carbocycles. The van der Waals surface area contributed by atoms with Gasteiger partial charge in [-0.3, -0.25) is 0 Å². The first-order chi connectivity index (χ1) is 5.86. The lowest BCUT2D eigenvalue weighted by Crippen LogP contribution is -1.81. The Bertz CT molecular complexity index is 323. The number of ether oxygens (including phenoxy) is 1. The van der Waals surface area contributed by atoms with Crippen molar-refractivity contribution in [2.75, 3.05) is 7.11 Å². The van der Waals surface area contributed by atoms with Crippen LogP contribution in [-0.2, 0) is 0 Å². The van der Waals surface area contributed by atoms with E-state index < -0.39 is 0 Å². The fourth-order valence-corrected chi connectivity index (χ4v) is 0.879. The van der Waals surface area contributed by atoms with E-state index >= 15 is 0 Å². The van der Waals surface area contributed by atoms with Gasteiger partial charge in [0, 0.05) is 6.08 Å². The van der Waals surface area contributed by atoms with Crippen molar-refractivity contribution in [3.63, 3.8) is 0 Å². The predicted molar refractivity (Wildman–Crippen MR) is 47.6 cm³/mol. The lowest BCUT2D eigenvalue weighted by Gasteiger charge is -1.98. The van der Waals surface area contributed by atoms with E-state index in [1.54, 1.807) is 13.2 Å². The Balaban J connectivity index is 2.88. The van der Waals surface area contributed by atoms with Crippen molar-refractivity contribution in [3.8, 4) is 11.8 Å². The summed E-state index contributed by atoms with van der Waals surface area (Å²) in [7, 11) is 1.62. The minimum Gasteiger partial charge on any atom is -0.497 e. The summed E-state index contributed by atoms with van der Waals surface area (Å²) in [5.41, 5.74) is 0.968. The number of methoxy groups -OCH3 is 1. The van der Waals surface area contributed by atoms with Crippen LogP contribution in [0.15, 0.2) is 30.3 Å².